The normalized spacial score (nSPS) is 14.4. The predicted octanol–water partition coefficient (Wildman–Crippen LogP) is 3.66. The molecule has 9 heteroatoms. The molecular formula is C18H21F3N4OS. The number of rotatable bonds is 6. The van der Waals surface area contributed by atoms with Crippen molar-refractivity contribution in [2.24, 2.45) is 0 Å². The molecule has 0 saturated carbocycles. The number of aromatic nitrogens is 1. The van der Waals surface area contributed by atoms with E-state index in [0.717, 1.165) is 43.8 Å². The monoisotopic (exact) mass is 398 g/mol. The van der Waals surface area contributed by atoms with Gasteiger partial charge in [0.25, 0.3) is 0 Å². The molecule has 1 saturated heterocycles. The molecule has 146 valence electrons. The Hall–Kier alpha value is -2.29. The van der Waals surface area contributed by atoms with E-state index in [0.29, 0.717) is 22.9 Å². The van der Waals surface area contributed by atoms with Gasteiger partial charge in [-0.2, -0.15) is 13.2 Å². The zero-order chi connectivity index (χ0) is 19.4. The Kier molecular flexibility index (Phi) is 5.88. The number of halogens is 3. The number of alkyl halides is 3. The topological polar surface area (TPSA) is 57.3 Å². The molecule has 0 radical (unpaired) electrons. The van der Waals surface area contributed by atoms with E-state index in [4.69, 9.17) is 0 Å². The van der Waals surface area contributed by atoms with E-state index in [-0.39, 0.29) is 12.3 Å². The third-order valence-corrected chi connectivity index (χ3v) is 5.32. The highest BCUT2D eigenvalue weighted by atomic mass is 32.1. The van der Waals surface area contributed by atoms with Gasteiger partial charge < -0.3 is 15.5 Å². The summed E-state index contributed by atoms with van der Waals surface area (Å²) in [7, 11) is 1.56. The van der Waals surface area contributed by atoms with E-state index in [1.54, 1.807) is 7.05 Å². The van der Waals surface area contributed by atoms with E-state index in [1.165, 1.54) is 17.4 Å². The minimum absolute atomic E-state index is 0.127. The lowest BCUT2D eigenvalue weighted by Gasteiger charge is -2.23. The van der Waals surface area contributed by atoms with Gasteiger partial charge in [-0.05, 0) is 31.0 Å². The molecule has 1 aromatic heterocycles. The number of benzene rings is 1. The first-order valence-corrected chi connectivity index (χ1v) is 9.58. The van der Waals surface area contributed by atoms with Gasteiger partial charge in [-0.15, -0.1) is 11.3 Å². The maximum Gasteiger partial charge on any atom is 0.416 e. The number of carbonyl (C=O) groups is 1. The quantitative estimate of drug-likeness (QED) is 0.780. The largest absolute Gasteiger partial charge is 0.416 e. The molecule has 27 heavy (non-hydrogen) atoms. The number of carbonyl (C=O) groups excluding carboxylic acids is 1. The summed E-state index contributed by atoms with van der Waals surface area (Å²) < 4.78 is 39.3. The van der Waals surface area contributed by atoms with Crippen LogP contribution in [0.1, 0.15) is 29.1 Å². The van der Waals surface area contributed by atoms with E-state index >= 15 is 0 Å². The van der Waals surface area contributed by atoms with Gasteiger partial charge in [0.15, 0.2) is 0 Å². The minimum Gasteiger partial charge on any atom is -0.378 e. The highest BCUT2D eigenvalue weighted by Gasteiger charge is 2.31. The summed E-state index contributed by atoms with van der Waals surface area (Å²) >= 11 is 1.36. The number of hydrogen-bond acceptors (Lipinski definition) is 5. The van der Waals surface area contributed by atoms with Crippen LogP contribution in [0.25, 0.3) is 0 Å². The van der Waals surface area contributed by atoms with Crippen LogP contribution in [0.4, 0.5) is 24.5 Å². The summed E-state index contributed by atoms with van der Waals surface area (Å²) in [4.78, 5) is 17.9. The van der Waals surface area contributed by atoms with Crippen molar-refractivity contribution in [3.05, 3.63) is 39.8 Å². The van der Waals surface area contributed by atoms with Crippen molar-refractivity contribution in [2.45, 2.75) is 32.0 Å². The second kappa shape index (κ2) is 8.16. The van der Waals surface area contributed by atoms with Gasteiger partial charge in [-0.1, -0.05) is 0 Å². The molecule has 3 rings (SSSR count). The average Bonchev–Trinajstić information content (AvgIpc) is 3.31. The Labute approximate surface area is 159 Å². The van der Waals surface area contributed by atoms with Crippen molar-refractivity contribution in [2.75, 3.05) is 30.4 Å². The first kappa shape index (κ1) is 19.5. The molecular weight excluding hydrogens is 377 g/mol. The van der Waals surface area contributed by atoms with Crippen LogP contribution in [0.15, 0.2) is 23.6 Å². The van der Waals surface area contributed by atoms with Crippen LogP contribution in [0.3, 0.4) is 0 Å². The Balaban J connectivity index is 1.76. The van der Waals surface area contributed by atoms with Gasteiger partial charge >= 0.3 is 6.18 Å². The smallest absolute Gasteiger partial charge is 0.378 e. The average molecular weight is 398 g/mol. The van der Waals surface area contributed by atoms with E-state index < -0.39 is 11.7 Å². The Morgan fingerprint density at radius 2 is 2.04 bits per heavy atom. The molecule has 0 spiro atoms. The van der Waals surface area contributed by atoms with E-state index in [9.17, 15) is 18.0 Å². The zero-order valence-electron chi connectivity index (χ0n) is 14.9. The summed E-state index contributed by atoms with van der Waals surface area (Å²) in [5.41, 5.74) is 1.25. The highest BCUT2D eigenvalue weighted by Crippen LogP contribution is 2.36. The molecule has 2 N–H and O–H groups in total. The number of amides is 1. The predicted molar refractivity (Wildman–Crippen MR) is 100 cm³/mol. The summed E-state index contributed by atoms with van der Waals surface area (Å²) in [6.45, 7) is 1.98. The van der Waals surface area contributed by atoms with Crippen molar-refractivity contribution in [1.29, 1.82) is 0 Å². The third kappa shape index (κ3) is 4.91. The van der Waals surface area contributed by atoms with Crippen LogP contribution in [0.5, 0.6) is 0 Å². The first-order valence-electron chi connectivity index (χ1n) is 8.71. The van der Waals surface area contributed by atoms with Crippen molar-refractivity contribution in [1.82, 2.24) is 10.3 Å². The van der Waals surface area contributed by atoms with E-state index in [2.05, 4.69) is 20.5 Å². The van der Waals surface area contributed by atoms with Crippen LogP contribution in [-0.4, -0.2) is 31.0 Å². The molecule has 1 aliphatic heterocycles. The van der Waals surface area contributed by atoms with Crippen molar-refractivity contribution >= 4 is 28.6 Å². The zero-order valence-corrected chi connectivity index (χ0v) is 15.7. The van der Waals surface area contributed by atoms with Crippen molar-refractivity contribution in [3.63, 3.8) is 0 Å². The lowest BCUT2D eigenvalue weighted by molar-refractivity contribution is -0.137. The van der Waals surface area contributed by atoms with Gasteiger partial charge in [0, 0.05) is 25.5 Å². The second-order valence-electron chi connectivity index (χ2n) is 6.36. The van der Waals surface area contributed by atoms with Gasteiger partial charge in [-0.25, -0.2) is 4.98 Å². The molecule has 1 fully saturated rings. The Morgan fingerprint density at radius 3 is 2.70 bits per heavy atom. The highest BCUT2D eigenvalue weighted by molar-refractivity contribution is 7.09. The standard InChI is InChI=1S/C18H21F3N4OS/c1-22-16(26)9-17-24-13(11-27-17)10-23-14-8-12(18(19,20)21)4-5-15(14)25-6-2-3-7-25/h4-5,8,11,23H,2-3,6-7,9-10H2,1H3,(H,22,26). The molecule has 0 aliphatic carbocycles. The molecule has 2 aromatic rings. The van der Waals surface area contributed by atoms with Crippen LogP contribution in [0.2, 0.25) is 0 Å². The number of thiazole rings is 1. The van der Waals surface area contributed by atoms with Crippen LogP contribution in [-0.2, 0) is 23.9 Å². The van der Waals surface area contributed by atoms with Crippen LogP contribution < -0.4 is 15.5 Å². The number of hydrogen-bond donors (Lipinski definition) is 2. The maximum atomic E-state index is 13.1. The Bertz CT molecular complexity index is 800. The molecule has 0 unspecified atom stereocenters. The number of nitrogens with one attached hydrogen (secondary N) is 2. The third-order valence-electron chi connectivity index (χ3n) is 4.42. The number of nitrogens with zero attached hydrogens (tertiary/aromatic N) is 2. The summed E-state index contributed by atoms with van der Waals surface area (Å²) in [5.74, 6) is -0.127. The van der Waals surface area contributed by atoms with Gasteiger partial charge in [0.2, 0.25) is 5.91 Å². The van der Waals surface area contributed by atoms with Crippen LogP contribution >= 0.6 is 11.3 Å². The SMILES string of the molecule is CNC(=O)Cc1nc(CNc2cc(C(F)(F)F)ccc2N2CCCC2)cs1. The first-order chi connectivity index (χ1) is 12.9. The molecule has 0 atom stereocenters. The van der Waals surface area contributed by atoms with Crippen molar-refractivity contribution in [3.8, 4) is 0 Å². The maximum absolute atomic E-state index is 13.1. The molecule has 1 aromatic carbocycles. The lowest BCUT2D eigenvalue weighted by atomic mass is 10.1. The molecule has 1 aliphatic rings. The van der Waals surface area contributed by atoms with E-state index in [1.807, 2.05) is 5.38 Å². The lowest BCUT2D eigenvalue weighted by Crippen LogP contribution is -2.20. The minimum atomic E-state index is -4.39. The second-order valence-corrected chi connectivity index (χ2v) is 7.30. The molecule has 5 nitrogen and oxygen atoms in total. The fourth-order valence-electron chi connectivity index (χ4n) is 3.01. The van der Waals surface area contributed by atoms with Gasteiger partial charge in [-0.3, -0.25) is 4.79 Å². The van der Waals surface area contributed by atoms with Gasteiger partial charge in [0.05, 0.1) is 35.6 Å². The number of anilines is 2. The Morgan fingerprint density at radius 1 is 1.30 bits per heavy atom. The molecule has 2 heterocycles. The molecule has 0 bridgehead atoms. The van der Waals surface area contributed by atoms with Gasteiger partial charge in [0.1, 0.15) is 5.01 Å². The van der Waals surface area contributed by atoms with Crippen LogP contribution in [0, 0.1) is 0 Å². The fourth-order valence-corrected chi connectivity index (χ4v) is 3.80. The molecule has 1 amide bonds. The summed E-state index contributed by atoms with van der Waals surface area (Å²) in [6.07, 6.45) is -2.12. The van der Waals surface area contributed by atoms with Crippen molar-refractivity contribution < 1.29 is 18.0 Å². The number of likely N-dealkylation sites (N-methyl/N-ethyl adjacent to an activating group) is 1. The fraction of sp³-hybridized carbons (Fsp3) is 0.444. The summed E-state index contributed by atoms with van der Waals surface area (Å²) in [6, 6.07) is 3.82. The summed E-state index contributed by atoms with van der Waals surface area (Å²) in [5, 5.41) is 8.13.